The van der Waals surface area contributed by atoms with Crippen LogP contribution in [0, 0.1) is 11.6 Å². The Morgan fingerprint density at radius 1 is 1.21 bits per heavy atom. The second kappa shape index (κ2) is 5.43. The van der Waals surface area contributed by atoms with Crippen molar-refractivity contribution in [3.63, 3.8) is 0 Å². The molecule has 0 aliphatic carbocycles. The summed E-state index contributed by atoms with van der Waals surface area (Å²) in [6.07, 6.45) is 1.33. The Morgan fingerprint density at radius 3 is 2.63 bits per heavy atom. The van der Waals surface area contributed by atoms with Crippen molar-refractivity contribution in [1.82, 2.24) is 4.98 Å². The molecule has 0 aliphatic rings. The number of benzene rings is 1. The second-order valence-corrected chi connectivity index (χ2v) is 3.80. The zero-order valence-corrected chi connectivity index (χ0v) is 9.77. The molecule has 0 bridgehead atoms. The molecule has 1 aromatic carbocycles. The molecular weight excluding hydrogens is 254 g/mol. The topological polar surface area (TPSA) is 65.2 Å². The number of hydrogen-bond acceptors (Lipinski definition) is 4. The molecule has 0 saturated heterocycles. The predicted molar refractivity (Wildman–Crippen MR) is 64.1 cm³/mol. The van der Waals surface area contributed by atoms with E-state index in [2.05, 4.69) is 4.98 Å². The number of carbonyl (C=O) groups excluding carboxylic acids is 1. The van der Waals surface area contributed by atoms with Gasteiger partial charge in [-0.3, -0.25) is 0 Å². The zero-order chi connectivity index (χ0) is 13.8. The van der Waals surface area contributed by atoms with Crippen molar-refractivity contribution < 1.29 is 18.3 Å². The fraction of sp³-hybridized carbons (Fsp3) is 0.0769. The minimum atomic E-state index is -0.987. The molecule has 1 heterocycles. The molecule has 0 atom stereocenters. The van der Waals surface area contributed by atoms with E-state index >= 15 is 0 Å². The number of ether oxygens (including phenoxy) is 1. The van der Waals surface area contributed by atoms with Crippen molar-refractivity contribution in [2.45, 2.75) is 6.61 Å². The van der Waals surface area contributed by atoms with Gasteiger partial charge in [-0.1, -0.05) is 6.07 Å². The maximum Gasteiger partial charge on any atom is 0.357 e. The fourth-order valence-corrected chi connectivity index (χ4v) is 1.38. The van der Waals surface area contributed by atoms with Gasteiger partial charge in [0.15, 0.2) is 11.6 Å². The third-order valence-electron chi connectivity index (χ3n) is 2.35. The molecule has 0 fully saturated rings. The molecular formula is C13H10F2N2O2. The lowest BCUT2D eigenvalue weighted by Crippen LogP contribution is -2.07. The highest BCUT2D eigenvalue weighted by Crippen LogP contribution is 2.11. The van der Waals surface area contributed by atoms with Gasteiger partial charge in [-0.25, -0.2) is 18.6 Å². The summed E-state index contributed by atoms with van der Waals surface area (Å²) in [5.74, 6) is -2.60. The Hall–Kier alpha value is -2.50. The van der Waals surface area contributed by atoms with Crippen molar-refractivity contribution in [3.8, 4) is 0 Å². The number of nitrogen functional groups attached to an aromatic ring is 1. The van der Waals surface area contributed by atoms with Crippen LogP contribution in [0.25, 0.3) is 0 Å². The highest BCUT2D eigenvalue weighted by Gasteiger charge is 2.09. The molecule has 0 unspecified atom stereocenters. The lowest BCUT2D eigenvalue weighted by molar-refractivity contribution is 0.0465. The monoisotopic (exact) mass is 264 g/mol. The van der Waals surface area contributed by atoms with Gasteiger partial charge in [0.2, 0.25) is 0 Å². The molecule has 2 aromatic rings. The van der Waals surface area contributed by atoms with Crippen LogP contribution in [-0.2, 0) is 11.3 Å². The predicted octanol–water partition coefficient (Wildman–Crippen LogP) is 2.30. The number of nitrogens with two attached hydrogens (primary N) is 1. The quantitative estimate of drug-likeness (QED) is 0.864. The van der Waals surface area contributed by atoms with E-state index in [0.29, 0.717) is 11.3 Å². The molecule has 6 heteroatoms. The van der Waals surface area contributed by atoms with Crippen LogP contribution >= 0.6 is 0 Å². The van der Waals surface area contributed by atoms with Crippen LogP contribution in [0.15, 0.2) is 36.5 Å². The zero-order valence-electron chi connectivity index (χ0n) is 9.77. The van der Waals surface area contributed by atoms with Gasteiger partial charge in [-0.05, 0) is 29.8 Å². The van der Waals surface area contributed by atoms with E-state index in [-0.39, 0.29) is 12.3 Å². The molecule has 0 saturated carbocycles. The van der Waals surface area contributed by atoms with Gasteiger partial charge < -0.3 is 10.5 Å². The minimum Gasteiger partial charge on any atom is -0.456 e. The summed E-state index contributed by atoms with van der Waals surface area (Å²) < 4.78 is 30.5. The molecule has 2 rings (SSSR count). The average Bonchev–Trinajstić information content (AvgIpc) is 2.40. The first kappa shape index (κ1) is 12.9. The van der Waals surface area contributed by atoms with Crippen molar-refractivity contribution in [2.24, 2.45) is 0 Å². The first-order valence-corrected chi connectivity index (χ1v) is 5.39. The standard InChI is InChI=1S/C13H10F2N2O2/c14-10-3-1-8(5-11(10)15)7-19-13(18)12-4-2-9(16)6-17-12/h1-6H,7,16H2. The molecule has 2 N–H and O–H groups in total. The van der Waals surface area contributed by atoms with Crippen LogP contribution < -0.4 is 5.73 Å². The minimum absolute atomic E-state index is 0.0942. The van der Waals surface area contributed by atoms with Crippen LogP contribution in [0.5, 0.6) is 0 Å². The van der Waals surface area contributed by atoms with Gasteiger partial charge in [0, 0.05) is 0 Å². The Labute approximate surface area is 107 Å². The highest BCUT2D eigenvalue weighted by molar-refractivity contribution is 5.87. The number of nitrogens with zero attached hydrogens (tertiary/aromatic N) is 1. The molecule has 98 valence electrons. The lowest BCUT2D eigenvalue weighted by Gasteiger charge is -2.05. The summed E-state index contributed by atoms with van der Waals surface area (Å²) in [7, 11) is 0. The number of anilines is 1. The van der Waals surface area contributed by atoms with E-state index < -0.39 is 17.6 Å². The van der Waals surface area contributed by atoms with E-state index in [1.54, 1.807) is 0 Å². The van der Waals surface area contributed by atoms with Gasteiger partial charge in [0.05, 0.1) is 11.9 Å². The smallest absolute Gasteiger partial charge is 0.357 e. The maximum absolute atomic E-state index is 12.9. The summed E-state index contributed by atoms with van der Waals surface area (Å²) in [5, 5.41) is 0. The summed E-state index contributed by atoms with van der Waals surface area (Å²) in [5.41, 5.74) is 6.30. The number of hydrogen-bond donors (Lipinski definition) is 1. The van der Waals surface area contributed by atoms with Crippen LogP contribution in [0.1, 0.15) is 16.1 Å². The van der Waals surface area contributed by atoms with Crippen LogP contribution in [0.2, 0.25) is 0 Å². The SMILES string of the molecule is Nc1ccc(C(=O)OCc2ccc(F)c(F)c2)nc1. The third kappa shape index (κ3) is 3.25. The number of esters is 1. The molecule has 0 radical (unpaired) electrons. The lowest BCUT2D eigenvalue weighted by atomic mass is 10.2. The van der Waals surface area contributed by atoms with E-state index in [9.17, 15) is 13.6 Å². The van der Waals surface area contributed by atoms with E-state index in [4.69, 9.17) is 10.5 Å². The summed E-state index contributed by atoms with van der Waals surface area (Å²) in [6.45, 7) is -0.165. The number of rotatable bonds is 3. The first-order valence-electron chi connectivity index (χ1n) is 5.39. The number of halogens is 2. The van der Waals surface area contributed by atoms with Crippen LogP contribution in [-0.4, -0.2) is 11.0 Å². The summed E-state index contributed by atoms with van der Waals surface area (Å²) in [6, 6.07) is 6.21. The average molecular weight is 264 g/mol. The van der Waals surface area contributed by atoms with Crippen molar-refractivity contribution in [3.05, 3.63) is 59.4 Å². The van der Waals surface area contributed by atoms with Gasteiger partial charge in [0.1, 0.15) is 12.3 Å². The van der Waals surface area contributed by atoms with Crippen LogP contribution in [0.4, 0.5) is 14.5 Å². The largest absolute Gasteiger partial charge is 0.456 e. The van der Waals surface area contributed by atoms with Gasteiger partial charge in [-0.2, -0.15) is 0 Å². The number of carbonyl (C=O) groups is 1. The van der Waals surface area contributed by atoms with E-state index in [0.717, 1.165) is 12.1 Å². The third-order valence-corrected chi connectivity index (χ3v) is 2.35. The molecule has 0 spiro atoms. The van der Waals surface area contributed by atoms with Gasteiger partial charge >= 0.3 is 5.97 Å². The van der Waals surface area contributed by atoms with Crippen molar-refractivity contribution >= 4 is 11.7 Å². The van der Waals surface area contributed by atoms with Crippen molar-refractivity contribution in [1.29, 1.82) is 0 Å². The van der Waals surface area contributed by atoms with E-state index in [1.807, 2.05) is 0 Å². The fourth-order valence-electron chi connectivity index (χ4n) is 1.38. The molecule has 0 aliphatic heterocycles. The molecule has 4 nitrogen and oxygen atoms in total. The normalized spacial score (nSPS) is 10.2. The Morgan fingerprint density at radius 2 is 2.00 bits per heavy atom. The highest BCUT2D eigenvalue weighted by atomic mass is 19.2. The summed E-state index contributed by atoms with van der Waals surface area (Å²) in [4.78, 5) is 15.4. The second-order valence-electron chi connectivity index (χ2n) is 3.80. The molecule has 19 heavy (non-hydrogen) atoms. The summed E-state index contributed by atoms with van der Waals surface area (Å²) >= 11 is 0. The van der Waals surface area contributed by atoms with Gasteiger partial charge in [0.25, 0.3) is 0 Å². The van der Waals surface area contributed by atoms with Crippen LogP contribution in [0.3, 0.4) is 0 Å². The number of pyridine rings is 1. The maximum atomic E-state index is 12.9. The Balaban J connectivity index is 2.00. The van der Waals surface area contributed by atoms with Crippen molar-refractivity contribution in [2.75, 3.05) is 5.73 Å². The first-order chi connectivity index (χ1) is 9.06. The molecule has 1 aromatic heterocycles. The van der Waals surface area contributed by atoms with Gasteiger partial charge in [-0.15, -0.1) is 0 Å². The Bertz CT molecular complexity index is 600. The molecule has 0 amide bonds. The Kier molecular flexibility index (Phi) is 3.70. The number of aromatic nitrogens is 1. The van der Waals surface area contributed by atoms with E-state index in [1.165, 1.54) is 24.4 Å².